The fourth-order valence-corrected chi connectivity index (χ4v) is 5.50. The van der Waals surface area contributed by atoms with Gasteiger partial charge in [-0.25, -0.2) is 0 Å². The smallest absolute Gasteiger partial charge is 0.184 e. The number of hydrogen-bond acceptors (Lipinski definition) is 3. The van der Waals surface area contributed by atoms with E-state index in [0.717, 1.165) is 18.8 Å². The summed E-state index contributed by atoms with van der Waals surface area (Å²) in [5.74, 6) is 3.69. The Balaban J connectivity index is 1.43. The minimum atomic E-state index is 0.184. The van der Waals surface area contributed by atoms with Gasteiger partial charge >= 0.3 is 0 Å². The molecule has 0 N–H and O–H groups in total. The molecular weight excluding hydrogens is 294 g/mol. The monoisotopic (exact) mass is 320 g/mol. The van der Waals surface area contributed by atoms with Gasteiger partial charge in [-0.15, -0.1) is 0 Å². The maximum absolute atomic E-state index is 12.0. The molecule has 2 heterocycles. The number of hydrogen-bond donors (Lipinski definition) is 0. The number of likely N-dealkylation sites (tertiary alicyclic amines) is 1. The van der Waals surface area contributed by atoms with E-state index in [1.165, 1.54) is 48.5 Å². The van der Waals surface area contributed by atoms with Crippen molar-refractivity contribution in [2.45, 2.75) is 37.0 Å². The van der Waals surface area contributed by atoms with Gasteiger partial charge in [0.2, 0.25) is 0 Å². The molecule has 0 saturated carbocycles. The van der Waals surface area contributed by atoms with Crippen molar-refractivity contribution in [3.63, 3.8) is 0 Å². The van der Waals surface area contributed by atoms with Crippen molar-refractivity contribution < 1.29 is 9.53 Å². The first-order valence-electron chi connectivity index (χ1n) is 8.46. The number of rotatable bonds is 6. The Kier molecular flexibility index (Phi) is 5.79. The summed E-state index contributed by atoms with van der Waals surface area (Å²) >= 11 is 0. The highest BCUT2D eigenvalue weighted by Gasteiger charge is 2.26. The number of nitrogens with zero attached hydrogens (tertiary/aromatic N) is 1. The van der Waals surface area contributed by atoms with Crippen LogP contribution in [0.15, 0.2) is 29.2 Å². The quantitative estimate of drug-likeness (QED) is 0.755. The molecule has 0 spiro atoms. The van der Waals surface area contributed by atoms with Crippen molar-refractivity contribution in [3.05, 3.63) is 24.3 Å². The van der Waals surface area contributed by atoms with Gasteiger partial charge in [0.25, 0.3) is 0 Å². The standard InChI is InChI=1S/C18H26NO2S/c20-16(14-19-10-2-1-3-11-19)15-21-17-6-8-18(9-7-17)22-12-4-5-13-22/h6-9H,1-5,10-15H2/q+1. The zero-order valence-corrected chi connectivity index (χ0v) is 14.1. The Labute approximate surface area is 136 Å². The molecule has 2 aliphatic heterocycles. The molecule has 0 aliphatic carbocycles. The normalized spacial score (nSPS) is 20.2. The largest absolute Gasteiger partial charge is 0.486 e. The highest BCUT2D eigenvalue weighted by molar-refractivity contribution is 7.97. The summed E-state index contributed by atoms with van der Waals surface area (Å²) in [6, 6.07) is 8.40. The van der Waals surface area contributed by atoms with Crippen molar-refractivity contribution in [1.29, 1.82) is 0 Å². The third kappa shape index (κ3) is 4.50. The van der Waals surface area contributed by atoms with Gasteiger partial charge in [-0.1, -0.05) is 6.42 Å². The lowest BCUT2D eigenvalue weighted by Gasteiger charge is -2.25. The molecule has 1 aromatic carbocycles. The van der Waals surface area contributed by atoms with Crippen molar-refractivity contribution in [3.8, 4) is 5.75 Å². The van der Waals surface area contributed by atoms with Gasteiger partial charge in [0.1, 0.15) is 23.9 Å². The van der Waals surface area contributed by atoms with Gasteiger partial charge in [-0.3, -0.25) is 9.69 Å². The summed E-state index contributed by atoms with van der Waals surface area (Å²) in [6.07, 6.45) is 6.48. The van der Waals surface area contributed by atoms with E-state index in [1.54, 1.807) is 0 Å². The number of ketones is 1. The molecule has 0 amide bonds. The first kappa shape index (κ1) is 15.9. The average Bonchev–Trinajstić information content (AvgIpc) is 3.09. The molecular formula is C18H26NO2S+. The van der Waals surface area contributed by atoms with Gasteiger partial charge in [-0.05, 0) is 63.0 Å². The Hall–Kier alpha value is -1.00. The van der Waals surface area contributed by atoms with E-state index in [0.29, 0.717) is 17.4 Å². The zero-order chi connectivity index (χ0) is 15.2. The van der Waals surface area contributed by atoms with Crippen molar-refractivity contribution >= 4 is 16.7 Å². The van der Waals surface area contributed by atoms with Crippen LogP contribution in [0.3, 0.4) is 0 Å². The summed E-state index contributed by atoms with van der Waals surface area (Å²) in [5.41, 5.74) is 0. The SMILES string of the molecule is O=C(COc1ccc([S+]2CCCC2)cc1)CN1CCCCC1. The van der Waals surface area contributed by atoms with E-state index in [9.17, 15) is 4.79 Å². The molecule has 120 valence electrons. The molecule has 0 aromatic heterocycles. The molecule has 0 radical (unpaired) electrons. The summed E-state index contributed by atoms with van der Waals surface area (Å²) in [5, 5.41) is 0. The maximum atomic E-state index is 12.0. The van der Waals surface area contributed by atoms with Crippen LogP contribution in [0.1, 0.15) is 32.1 Å². The number of Topliss-reactive ketones (excluding diaryl/α,β-unsaturated/α-hetero) is 1. The van der Waals surface area contributed by atoms with Gasteiger partial charge in [0, 0.05) is 10.9 Å². The summed E-state index contributed by atoms with van der Waals surface area (Å²) in [7, 11) is 0.454. The van der Waals surface area contributed by atoms with Crippen LogP contribution in [0, 0.1) is 0 Å². The van der Waals surface area contributed by atoms with Gasteiger partial charge < -0.3 is 4.74 Å². The van der Waals surface area contributed by atoms with Crippen molar-refractivity contribution in [1.82, 2.24) is 4.90 Å². The second-order valence-corrected chi connectivity index (χ2v) is 8.52. The van der Waals surface area contributed by atoms with E-state index in [4.69, 9.17) is 4.74 Å². The number of ether oxygens (including phenoxy) is 1. The lowest BCUT2D eigenvalue weighted by atomic mass is 10.1. The summed E-state index contributed by atoms with van der Waals surface area (Å²) < 4.78 is 5.65. The maximum Gasteiger partial charge on any atom is 0.184 e. The van der Waals surface area contributed by atoms with Crippen LogP contribution in [0.4, 0.5) is 0 Å². The molecule has 2 aliphatic rings. The second kappa shape index (κ2) is 8.02. The van der Waals surface area contributed by atoms with E-state index in [1.807, 2.05) is 12.1 Å². The van der Waals surface area contributed by atoms with Crippen molar-refractivity contribution in [2.24, 2.45) is 0 Å². The lowest BCUT2D eigenvalue weighted by Crippen LogP contribution is -2.36. The van der Waals surface area contributed by atoms with E-state index < -0.39 is 0 Å². The average molecular weight is 320 g/mol. The van der Waals surface area contributed by atoms with Crippen LogP contribution in [0.2, 0.25) is 0 Å². The molecule has 4 heteroatoms. The molecule has 2 fully saturated rings. The third-order valence-corrected chi connectivity index (χ3v) is 6.94. The lowest BCUT2D eigenvalue weighted by molar-refractivity contribution is -0.122. The van der Waals surface area contributed by atoms with Gasteiger partial charge in [0.15, 0.2) is 10.7 Å². The van der Waals surface area contributed by atoms with Crippen LogP contribution >= 0.6 is 0 Å². The topological polar surface area (TPSA) is 29.5 Å². The molecule has 3 nitrogen and oxygen atoms in total. The summed E-state index contributed by atoms with van der Waals surface area (Å²) in [6.45, 7) is 2.86. The number of carbonyl (C=O) groups is 1. The fourth-order valence-electron chi connectivity index (χ4n) is 3.20. The molecule has 2 saturated heterocycles. The van der Waals surface area contributed by atoms with Crippen LogP contribution in [-0.4, -0.2) is 48.4 Å². The molecule has 0 bridgehead atoms. The first-order chi connectivity index (χ1) is 10.8. The van der Waals surface area contributed by atoms with Crippen LogP contribution in [0.25, 0.3) is 0 Å². The zero-order valence-electron chi connectivity index (χ0n) is 13.3. The van der Waals surface area contributed by atoms with Crippen LogP contribution in [0.5, 0.6) is 5.75 Å². The number of carbonyl (C=O) groups excluding carboxylic acids is 1. The van der Waals surface area contributed by atoms with E-state index in [-0.39, 0.29) is 12.4 Å². The molecule has 0 unspecified atom stereocenters. The first-order valence-corrected chi connectivity index (χ1v) is 10.0. The Bertz CT molecular complexity index is 476. The Morgan fingerprint density at radius 2 is 1.68 bits per heavy atom. The minimum absolute atomic E-state index is 0.184. The molecule has 22 heavy (non-hydrogen) atoms. The molecule has 0 atom stereocenters. The third-order valence-electron chi connectivity index (χ3n) is 4.44. The minimum Gasteiger partial charge on any atom is -0.486 e. The van der Waals surface area contributed by atoms with Gasteiger partial charge in [-0.2, -0.15) is 0 Å². The second-order valence-electron chi connectivity index (χ2n) is 6.24. The summed E-state index contributed by atoms with van der Waals surface area (Å²) in [4.78, 5) is 15.7. The predicted molar refractivity (Wildman–Crippen MR) is 91.8 cm³/mol. The number of benzene rings is 1. The van der Waals surface area contributed by atoms with Gasteiger partial charge in [0.05, 0.1) is 6.54 Å². The highest BCUT2D eigenvalue weighted by atomic mass is 32.2. The van der Waals surface area contributed by atoms with E-state index >= 15 is 0 Å². The fraction of sp³-hybridized carbons (Fsp3) is 0.611. The van der Waals surface area contributed by atoms with Crippen molar-refractivity contribution in [2.75, 3.05) is 37.7 Å². The van der Waals surface area contributed by atoms with Crippen LogP contribution in [-0.2, 0) is 15.7 Å². The Morgan fingerprint density at radius 3 is 2.36 bits per heavy atom. The van der Waals surface area contributed by atoms with Crippen LogP contribution < -0.4 is 4.74 Å². The molecule has 1 aromatic rings. The Morgan fingerprint density at radius 1 is 1.00 bits per heavy atom. The van der Waals surface area contributed by atoms with E-state index in [2.05, 4.69) is 17.0 Å². The highest BCUT2D eigenvalue weighted by Crippen LogP contribution is 2.24. The predicted octanol–water partition coefficient (Wildman–Crippen LogP) is 2.89. The molecule has 3 rings (SSSR count). The number of piperidine rings is 1.